The first-order chi connectivity index (χ1) is 14.8. The fourth-order valence-electron chi connectivity index (χ4n) is 3.55. The Morgan fingerprint density at radius 2 is 2.00 bits per heavy atom. The Kier molecular flexibility index (Phi) is 7.42. The zero-order valence-corrected chi connectivity index (χ0v) is 18.8. The summed E-state index contributed by atoms with van der Waals surface area (Å²) in [7, 11) is 0.895. The number of benzene rings is 1. The van der Waals surface area contributed by atoms with Gasteiger partial charge in [-0.1, -0.05) is 18.2 Å². The Bertz CT molecular complexity index is 1140. The van der Waals surface area contributed by atoms with Crippen molar-refractivity contribution < 1.29 is 17.9 Å². The molecule has 0 amide bonds. The van der Waals surface area contributed by atoms with E-state index in [1.165, 1.54) is 21.2 Å². The van der Waals surface area contributed by atoms with Crippen LogP contribution >= 0.6 is 0 Å². The molecular formula is C22H28N4O4S. The van der Waals surface area contributed by atoms with Crippen LogP contribution in [0.4, 0.5) is 0 Å². The van der Waals surface area contributed by atoms with Crippen LogP contribution in [0.2, 0.25) is 0 Å². The Hall–Kier alpha value is -2.75. The Balaban J connectivity index is 1.95. The SMILES string of the molecule is COC(=O)CCc1[nH]c2cccc(CCNS(=O)(=O)N(C)C)c2c1Cc1cccnc1. The van der Waals surface area contributed by atoms with Crippen molar-refractivity contribution in [3.05, 3.63) is 65.1 Å². The molecule has 1 aromatic carbocycles. The van der Waals surface area contributed by atoms with E-state index in [4.69, 9.17) is 4.74 Å². The second-order valence-corrected chi connectivity index (χ2v) is 9.44. The topological polar surface area (TPSA) is 104 Å². The highest BCUT2D eigenvalue weighted by Crippen LogP contribution is 2.29. The summed E-state index contributed by atoms with van der Waals surface area (Å²) in [4.78, 5) is 19.4. The third-order valence-electron chi connectivity index (χ3n) is 5.17. The molecule has 0 bridgehead atoms. The summed E-state index contributed by atoms with van der Waals surface area (Å²) in [6, 6.07) is 9.87. The number of methoxy groups -OCH3 is 1. The van der Waals surface area contributed by atoms with Crippen molar-refractivity contribution in [2.24, 2.45) is 0 Å². The van der Waals surface area contributed by atoms with E-state index in [1.54, 1.807) is 6.20 Å². The molecule has 0 aliphatic heterocycles. The number of aryl methyl sites for hydroxylation is 1. The number of H-pyrrole nitrogens is 1. The molecule has 0 atom stereocenters. The van der Waals surface area contributed by atoms with Gasteiger partial charge in [-0.3, -0.25) is 9.78 Å². The van der Waals surface area contributed by atoms with E-state index < -0.39 is 10.2 Å². The van der Waals surface area contributed by atoms with Gasteiger partial charge < -0.3 is 9.72 Å². The van der Waals surface area contributed by atoms with Gasteiger partial charge >= 0.3 is 5.97 Å². The van der Waals surface area contributed by atoms with Crippen LogP contribution in [-0.4, -0.2) is 56.4 Å². The molecule has 0 fully saturated rings. The number of fused-ring (bicyclic) bond motifs is 1. The van der Waals surface area contributed by atoms with Gasteiger partial charge in [-0.2, -0.15) is 12.7 Å². The predicted octanol–water partition coefficient (Wildman–Crippen LogP) is 2.20. The molecular weight excluding hydrogens is 416 g/mol. The normalized spacial score (nSPS) is 11.9. The van der Waals surface area contributed by atoms with Crippen LogP contribution in [0.1, 0.15) is 28.8 Å². The standard InChI is InChI=1S/C22H28N4O4S/c1-26(2)31(28,29)24-13-11-17-7-4-8-20-22(17)18(14-16-6-5-12-23-15-16)19(25-20)9-10-21(27)30-3/h4-8,12,15,24-25H,9-11,13-14H2,1-3H3. The summed E-state index contributed by atoms with van der Waals surface area (Å²) in [6.45, 7) is 0.286. The molecule has 0 aliphatic carbocycles. The molecule has 0 saturated heterocycles. The van der Waals surface area contributed by atoms with Crippen LogP contribution in [-0.2, 0) is 39.0 Å². The number of hydrogen-bond acceptors (Lipinski definition) is 5. The molecule has 0 saturated carbocycles. The summed E-state index contributed by atoms with van der Waals surface area (Å²) in [5.74, 6) is -0.260. The van der Waals surface area contributed by atoms with Gasteiger partial charge in [0.25, 0.3) is 10.2 Å². The largest absolute Gasteiger partial charge is 0.469 e. The third kappa shape index (κ3) is 5.69. The third-order valence-corrected chi connectivity index (χ3v) is 6.70. The molecule has 8 nitrogen and oxygen atoms in total. The van der Waals surface area contributed by atoms with Gasteiger partial charge in [-0.25, -0.2) is 4.72 Å². The van der Waals surface area contributed by atoms with E-state index in [1.807, 2.05) is 36.5 Å². The Morgan fingerprint density at radius 1 is 1.19 bits per heavy atom. The summed E-state index contributed by atoms with van der Waals surface area (Å²) in [6.07, 6.45) is 5.57. The first-order valence-corrected chi connectivity index (χ1v) is 11.5. The van der Waals surface area contributed by atoms with Crippen molar-refractivity contribution in [2.45, 2.75) is 25.7 Å². The molecule has 0 spiro atoms. The van der Waals surface area contributed by atoms with E-state index in [9.17, 15) is 13.2 Å². The minimum Gasteiger partial charge on any atom is -0.469 e. The molecule has 3 aromatic rings. The predicted molar refractivity (Wildman–Crippen MR) is 120 cm³/mol. The molecule has 0 unspecified atom stereocenters. The first kappa shape index (κ1) is 22.9. The smallest absolute Gasteiger partial charge is 0.305 e. The minimum atomic E-state index is -3.48. The lowest BCUT2D eigenvalue weighted by molar-refractivity contribution is -0.140. The number of hydrogen-bond donors (Lipinski definition) is 2. The molecule has 3 rings (SSSR count). The quantitative estimate of drug-likeness (QED) is 0.467. The average Bonchev–Trinajstić information content (AvgIpc) is 3.10. The number of nitrogens with one attached hydrogen (secondary N) is 2. The fourth-order valence-corrected chi connectivity index (χ4v) is 4.16. The molecule has 0 aliphatic rings. The fraction of sp³-hybridized carbons (Fsp3) is 0.364. The van der Waals surface area contributed by atoms with Gasteiger partial charge in [-0.15, -0.1) is 0 Å². The van der Waals surface area contributed by atoms with Gasteiger partial charge in [0.05, 0.1) is 13.5 Å². The molecule has 2 heterocycles. The average molecular weight is 445 g/mol. The van der Waals surface area contributed by atoms with Gasteiger partial charge in [0, 0.05) is 56.1 Å². The summed E-state index contributed by atoms with van der Waals surface area (Å²) in [5, 5.41) is 1.07. The summed E-state index contributed by atoms with van der Waals surface area (Å²) < 4.78 is 32.6. The Morgan fingerprint density at radius 3 is 2.68 bits per heavy atom. The highest BCUT2D eigenvalue weighted by atomic mass is 32.2. The van der Waals surface area contributed by atoms with Crippen molar-refractivity contribution in [2.75, 3.05) is 27.7 Å². The number of rotatable bonds is 10. The second-order valence-electron chi connectivity index (χ2n) is 7.47. The lowest BCUT2D eigenvalue weighted by Gasteiger charge is -2.13. The van der Waals surface area contributed by atoms with Crippen LogP contribution in [0.5, 0.6) is 0 Å². The maximum absolute atomic E-state index is 12.0. The van der Waals surface area contributed by atoms with E-state index in [0.717, 1.165) is 37.6 Å². The Labute approximate surface area is 182 Å². The molecule has 2 N–H and O–H groups in total. The van der Waals surface area contributed by atoms with Gasteiger partial charge in [0.15, 0.2) is 0 Å². The number of aromatic nitrogens is 2. The highest BCUT2D eigenvalue weighted by Gasteiger charge is 2.17. The molecule has 31 heavy (non-hydrogen) atoms. The number of nitrogens with zero attached hydrogens (tertiary/aromatic N) is 2. The van der Waals surface area contributed by atoms with Crippen LogP contribution in [0.25, 0.3) is 10.9 Å². The van der Waals surface area contributed by atoms with Crippen LogP contribution in [0, 0.1) is 0 Å². The van der Waals surface area contributed by atoms with Crippen molar-refractivity contribution in [3.8, 4) is 0 Å². The second kappa shape index (κ2) is 10.0. The summed E-state index contributed by atoms with van der Waals surface area (Å²) >= 11 is 0. The first-order valence-electron chi connectivity index (χ1n) is 10.1. The monoisotopic (exact) mass is 444 g/mol. The molecule has 9 heteroatoms. The lowest BCUT2D eigenvalue weighted by atomic mass is 9.96. The van der Waals surface area contributed by atoms with E-state index in [0.29, 0.717) is 19.3 Å². The summed E-state index contributed by atoms with van der Waals surface area (Å²) in [5.41, 5.74) is 5.14. The number of carbonyl (C=O) groups excluding carboxylic acids is 1. The van der Waals surface area contributed by atoms with Crippen molar-refractivity contribution in [1.82, 2.24) is 19.0 Å². The maximum Gasteiger partial charge on any atom is 0.305 e. The van der Waals surface area contributed by atoms with Crippen molar-refractivity contribution in [3.63, 3.8) is 0 Å². The van der Waals surface area contributed by atoms with Crippen LogP contribution in [0.15, 0.2) is 42.7 Å². The number of aromatic amines is 1. The number of pyridine rings is 1. The molecule has 166 valence electrons. The van der Waals surface area contributed by atoms with Crippen LogP contribution < -0.4 is 4.72 Å². The number of esters is 1. The maximum atomic E-state index is 12.0. The molecule has 2 aromatic heterocycles. The highest BCUT2D eigenvalue weighted by molar-refractivity contribution is 7.87. The van der Waals surface area contributed by atoms with Crippen molar-refractivity contribution in [1.29, 1.82) is 0 Å². The van der Waals surface area contributed by atoms with Gasteiger partial charge in [0.1, 0.15) is 0 Å². The van der Waals surface area contributed by atoms with E-state index in [-0.39, 0.29) is 18.9 Å². The zero-order chi connectivity index (χ0) is 22.4. The zero-order valence-electron chi connectivity index (χ0n) is 18.0. The van der Waals surface area contributed by atoms with E-state index in [2.05, 4.69) is 14.7 Å². The number of ether oxygens (including phenoxy) is 1. The van der Waals surface area contributed by atoms with Crippen molar-refractivity contribution >= 4 is 27.1 Å². The molecule has 0 radical (unpaired) electrons. The van der Waals surface area contributed by atoms with Gasteiger partial charge in [0.2, 0.25) is 0 Å². The lowest BCUT2D eigenvalue weighted by Crippen LogP contribution is -2.36. The van der Waals surface area contributed by atoms with Gasteiger partial charge in [-0.05, 0) is 41.7 Å². The van der Waals surface area contributed by atoms with Crippen LogP contribution in [0.3, 0.4) is 0 Å². The number of carbonyl (C=O) groups is 1. The minimum absolute atomic E-state index is 0.260. The van der Waals surface area contributed by atoms with E-state index >= 15 is 0 Å².